The molecule has 1 aromatic rings. The normalized spacial score (nSPS) is 12.1. The molecule has 0 aliphatic rings. The lowest BCUT2D eigenvalue weighted by molar-refractivity contribution is 0.343. The van der Waals surface area contributed by atoms with E-state index in [-0.39, 0.29) is 11.5 Å². The van der Waals surface area contributed by atoms with E-state index in [0.29, 0.717) is 5.56 Å². The van der Waals surface area contributed by atoms with Gasteiger partial charge in [-0.15, -0.1) is 0 Å². The van der Waals surface area contributed by atoms with Crippen molar-refractivity contribution in [1.29, 1.82) is 0 Å². The minimum Gasteiger partial charge on any atom is -0.392 e. The van der Waals surface area contributed by atoms with Gasteiger partial charge in [0.15, 0.2) is 0 Å². The third kappa shape index (κ3) is 2.66. The molecule has 0 fully saturated rings. The van der Waals surface area contributed by atoms with Crippen LogP contribution in [0.1, 0.15) is 5.56 Å². The van der Waals surface area contributed by atoms with Gasteiger partial charge in [-0.2, -0.15) is 0 Å². The molecule has 0 spiro atoms. The van der Waals surface area contributed by atoms with Gasteiger partial charge in [-0.25, -0.2) is 13.6 Å². The molecule has 4 nitrogen and oxygen atoms in total. The second-order valence-corrected chi connectivity index (χ2v) is 4.20. The Hall–Kier alpha value is -1.17. The number of rotatable bonds is 3. The summed E-state index contributed by atoms with van der Waals surface area (Å²) in [5.41, 5.74) is 0.476. The quantitative estimate of drug-likeness (QED) is 0.759. The van der Waals surface area contributed by atoms with Crippen LogP contribution in [0, 0.1) is 0 Å². The van der Waals surface area contributed by atoms with Gasteiger partial charge < -0.3 is 5.11 Å². The molecule has 0 saturated heterocycles. The van der Waals surface area contributed by atoms with Gasteiger partial charge in [-0.1, -0.05) is 30.4 Å². The Bertz CT molecular complexity index is 437. The molecule has 0 aliphatic heterocycles. The summed E-state index contributed by atoms with van der Waals surface area (Å²) < 4.78 is 22.2. The Morgan fingerprint density at radius 2 is 2.00 bits per heavy atom. The van der Waals surface area contributed by atoms with Crippen molar-refractivity contribution < 1.29 is 13.5 Å². The average molecular weight is 213 g/mol. The van der Waals surface area contributed by atoms with Crippen LogP contribution in [0.25, 0.3) is 6.08 Å². The van der Waals surface area contributed by atoms with Crippen molar-refractivity contribution in [3.8, 4) is 0 Å². The first-order valence-electron chi connectivity index (χ1n) is 3.95. The molecule has 0 atom stereocenters. The molecule has 0 heterocycles. The number of primary sulfonamides is 1. The highest BCUT2D eigenvalue weighted by atomic mass is 32.2. The zero-order chi connectivity index (χ0) is 10.6. The van der Waals surface area contributed by atoms with Crippen LogP contribution in [-0.2, 0) is 10.0 Å². The maximum Gasteiger partial charge on any atom is 0.238 e. The Morgan fingerprint density at radius 3 is 2.57 bits per heavy atom. The first kappa shape index (κ1) is 10.9. The van der Waals surface area contributed by atoms with Gasteiger partial charge in [0, 0.05) is 0 Å². The molecule has 0 saturated carbocycles. The second kappa shape index (κ2) is 4.36. The van der Waals surface area contributed by atoms with Gasteiger partial charge in [0.25, 0.3) is 0 Å². The van der Waals surface area contributed by atoms with E-state index >= 15 is 0 Å². The highest BCUT2D eigenvalue weighted by Gasteiger charge is 2.10. The first-order valence-corrected chi connectivity index (χ1v) is 5.49. The second-order valence-electron chi connectivity index (χ2n) is 2.67. The van der Waals surface area contributed by atoms with Gasteiger partial charge >= 0.3 is 0 Å². The fourth-order valence-electron chi connectivity index (χ4n) is 1.06. The molecule has 3 N–H and O–H groups in total. The Kier molecular flexibility index (Phi) is 3.40. The van der Waals surface area contributed by atoms with E-state index in [2.05, 4.69) is 0 Å². The summed E-state index contributed by atoms with van der Waals surface area (Å²) in [6.45, 7) is -0.140. The minimum atomic E-state index is -3.70. The lowest BCUT2D eigenvalue weighted by Gasteiger charge is -2.01. The number of hydrogen-bond acceptors (Lipinski definition) is 3. The van der Waals surface area contributed by atoms with Crippen LogP contribution in [0.3, 0.4) is 0 Å². The standard InChI is InChI=1S/C9H11NO3S/c10-14(12,13)9-6-2-1-4-8(9)5-3-7-11/h1-6,11H,7H2,(H2,10,12,13). The summed E-state index contributed by atoms with van der Waals surface area (Å²) in [7, 11) is -3.70. The van der Waals surface area contributed by atoms with Crippen LogP contribution in [0.2, 0.25) is 0 Å². The monoisotopic (exact) mass is 213 g/mol. The third-order valence-electron chi connectivity index (χ3n) is 1.63. The molecule has 0 aromatic heterocycles. The minimum absolute atomic E-state index is 0.0599. The zero-order valence-electron chi connectivity index (χ0n) is 7.42. The lowest BCUT2D eigenvalue weighted by atomic mass is 10.2. The van der Waals surface area contributed by atoms with Crippen LogP contribution in [0.15, 0.2) is 35.2 Å². The summed E-state index contributed by atoms with van der Waals surface area (Å²) >= 11 is 0. The summed E-state index contributed by atoms with van der Waals surface area (Å²) in [6, 6.07) is 6.33. The summed E-state index contributed by atoms with van der Waals surface area (Å²) in [5.74, 6) is 0. The Labute approximate surface area is 82.7 Å². The highest BCUT2D eigenvalue weighted by molar-refractivity contribution is 7.89. The van der Waals surface area contributed by atoms with Crippen LogP contribution >= 0.6 is 0 Å². The van der Waals surface area contributed by atoms with E-state index in [1.807, 2.05) is 0 Å². The third-order valence-corrected chi connectivity index (χ3v) is 2.61. The van der Waals surface area contributed by atoms with Crippen molar-refractivity contribution in [3.63, 3.8) is 0 Å². The number of benzene rings is 1. The molecule has 14 heavy (non-hydrogen) atoms. The van der Waals surface area contributed by atoms with Crippen molar-refractivity contribution in [2.45, 2.75) is 4.90 Å². The molecule has 5 heteroatoms. The molecule has 76 valence electrons. The van der Waals surface area contributed by atoms with Gasteiger partial charge in [-0.05, 0) is 11.6 Å². The molecule has 0 aliphatic carbocycles. The summed E-state index contributed by atoms with van der Waals surface area (Å²) in [6.07, 6.45) is 2.96. The largest absolute Gasteiger partial charge is 0.392 e. The topological polar surface area (TPSA) is 80.4 Å². The van der Waals surface area contributed by atoms with Gasteiger partial charge in [0.2, 0.25) is 10.0 Å². The molecule has 1 rings (SSSR count). The predicted molar refractivity (Wildman–Crippen MR) is 53.9 cm³/mol. The maximum atomic E-state index is 11.1. The van der Waals surface area contributed by atoms with Gasteiger partial charge in [-0.3, -0.25) is 0 Å². The van der Waals surface area contributed by atoms with E-state index in [9.17, 15) is 8.42 Å². The number of hydrogen-bond donors (Lipinski definition) is 2. The number of sulfonamides is 1. The van der Waals surface area contributed by atoms with E-state index < -0.39 is 10.0 Å². The number of aliphatic hydroxyl groups excluding tert-OH is 1. The van der Waals surface area contributed by atoms with Crippen LogP contribution in [0.5, 0.6) is 0 Å². The van der Waals surface area contributed by atoms with E-state index in [4.69, 9.17) is 10.2 Å². The molecule has 1 aromatic carbocycles. The predicted octanol–water partition coefficient (Wildman–Crippen LogP) is 0.340. The maximum absolute atomic E-state index is 11.1. The SMILES string of the molecule is NS(=O)(=O)c1ccccc1C=CCO. The smallest absolute Gasteiger partial charge is 0.238 e. The van der Waals surface area contributed by atoms with Gasteiger partial charge in [0.1, 0.15) is 0 Å². The number of aliphatic hydroxyl groups is 1. The summed E-state index contributed by atoms with van der Waals surface area (Å²) in [4.78, 5) is 0.0599. The van der Waals surface area contributed by atoms with Crippen molar-refractivity contribution in [2.24, 2.45) is 5.14 Å². The molecular formula is C9H11NO3S. The Morgan fingerprint density at radius 1 is 1.36 bits per heavy atom. The van der Waals surface area contributed by atoms with Crippen LogP contribution in [-0.4, -0.2) is 20.1 Å². The fraction of sp³-hybridized carbons (Fsp3) is 0.111. The Balaban J connectivity index is 3.24. The molecular weight excluding hydrogens is 202 g/mol. The van der Waals surface area contributed by atoms with Crippen LogP contribution in [0.4, 0.5) is 0 Å². The lowest BCUT2D eigenvalue weighted by Crippen LogP contribution is -2.13. The zero-order valence-corrected chi connectivity index (χ0v) is 8.24. The average Bonchev–Trinajstić information content (AvgIpc) is 2.14. The van der Waals surface area contributed by atoms with E-state index in [1.165, 1.54) is 18.2 Å². The molecule has 0 bridgehead atoms. The van der Waals surface area contributed by atoms with Crippen molar-refractivity contribution in [1.82, 2.24) is 0 Å². The molecule has 0 amide bonds. The van der Waals surface area contributed by atoms with Crippen molar-refractivity contribution in [2.75, 3.05) is 6.61 Å². The highest BCUT2D eigenvalue weighted by Crippen LogP contribution is 2.14. The summed E-state index contributed by atoms with van der Waals surface area (Å²) in [5, 5.41) is 13.6. The first-order chi connectivity index (χ1) is 6.55. The van der Waals surface area contributed by atoms with E-state index in [1.54, 1.807) is 18.2 Å². The molecule has 0 radical (unpaired) electrons. The van der Waals surface area contributed by atoms with Gasteiger partial charge in [0.05, 0.1) is 11.5 Å². The number of nitrogens with two attached hydrogens (primary N) is 1. The van der Waals surface area contributed by atoms with Crippen molar-refractivity contribution >= 4 is 16.1 Å². The van der Waals surface area contributed by atoms with E-state index in [0.717, 1.165) is 0 Å². The van der Waals surface area contributed by atoms with Crippen LogP contribution < -0.4 is 5.14 Å². The molecule has 0 unspecified atom stereocenters. The van der Waals surface area contributed by atoms with Crippen molar-refractivity contribution in [3.05, 3.63) is 35.9 Å². The fourth-order valence-corrected chi connectivity index (χ4v) is 1.79.